The van der Waals surface area contributed by atoms with Gasteiger partial charge in [0.25, 0.3) is 0 Å². The molecule has 0 N–H and O–H groups in total. The van der Waals surface area contributed by atoms with E-state index >= 15 is 0 Å². The molecule has 0 spiro atoms. The molecule has 16 heavy (non-hydrogen) atoms. The van der Waals surface area contributed by atoms with Crippen LogP contribution in [-0.2, 0) is 0 Å². The Labute approximate surface area is 89.5 Å². The summed E-state index contributed by atoms with van der Waals surface area (Å²) in [6, 6.07) is 4.98. The van der Waals surface area contributed by atoms with Gasteiger partial charge in [-0.3, -0.25) is 9.59 Å². The highest BCUT2D eigenvalue weighted by Crippen LogP contribution is 2.28. The number of hydrogen-bond acceptors (Lipinski definition) is 3. The average molecular weight is 216 g/mol. The molecule has 0 fully saturated rings. The van der Waals surface area contributed by atoms with Gasteiger partial charge in [-0.25, -0.2) is 4.39 Å². The summed E-state index contributed by atoms with van der Waals surface area (Å²) in [5.41, 5.74) is 0.525. The Kier molecular flexibility index (Phi) is 1.63. The van der Waals surface area contributed by atoms with E-state index in [0.29, 0.717) is 0 Å². The Hall–Kier alpha value is -2.23. The minimum Gasteiger partial charge on any atom is -0.460 e. The summed E-state index contributed by atoms with van der Waals surface area (Å²) in [5.74, 6) is -1.31. The first-order valence-electron chi connectivity index (χ1n) is 4.65. The van der Waals surface area contributed by atoms with Crippen molar-refractivity contribution in [1.82, 2.24) is 0 Å². The number of fused-ring (bicyclic) bond motifs is 2. The minimum atomic E-state index is -0.546. The number of hydrogen-bond donors (Lipinski definition) is 0. The molecule has 1 heterocycles. The summed E-state index contributed by atoms with van der Waals surface area (Å²) in [6.45, 7) is 0. The second-order valence-electron chi connectivity index (χ2n) is 3.51. The SMILES string of the molecule is O=C1c2ccc(F)cc2C(=O)c2occc21. The largest absolute Gasteiger partial charge is 0.460 e. The molecule has 0 saturated carbocycles. The van der Waals surface area contributed by atoms with E-state index in [-0.39, 0.29) is 28.2 Å². The van der Waals surface area contributed by atoms with E-state index in [1.54, 1.807) is 0 Å². The van der Waals surface area contributed by atoms with Crippen LogP contribution in [0.3, 0.4) is 0 Å². The van der Waals surface area contributed by atoms with Gasteiger partial charge in [-0.1, -0.05) is 0 Å². The third-order valence-corrected chi connectivity index (χ3v) is 2.59. The highest BCUT2D eigenvalue weighted by Gasteiger charge is 2.32. The molecule has 0 radical (unpaired) electrons. The first kappa shape index (κ1) is 9.03. The monoisotopic (exact) mass is 216 g/mol. The van der Waals surface area contributed by atoms with E-state index in [0.717, 1.165) is 12.1 Å². The molecule has 2 aromatic rings. The molecular weight excluding hydrogens is 211 g/mol. The van der Waals surface area contributed by atoms with Crippen LogP contribution in [0, 0.1) is 5.82 Å². The van der Waals surface area contributed by atoms with Gasteiger partial charge in [0.05, 0.1) is 11.8 Å². The van der Waals surface area contributed by atoms with Crippen molar-refractivity contribution in [2.24, 2.45) is 0 Å². The van der Waals surface area contributed by atoms with Crippen LogP contribution in [0.25, 0.3) is 0 Å². The van der Waals surface area contributed by atoms with Gasteiger partial charge in [-0.15, -0.1) is 0 Å². The van der Waals surface area contributed by atoms with Crippen LogP contribution in [-0.4, -0.2) is 11.6 Å². The van der Waals surface area contributed by atoms with Crippen LogP contribution < -0.4 is 0 Å². The number of benzene rings is 1. The maximum absolute atomic E-state index is 13.0. The van der Waals surface area contributed by atoms with Gasteiger partial charge in [-0.05, 0) is 24.3 Å². The van der Waals surface area contributed by atoms with E-state index in [2.05, 4.69) is 0 Å². The molecule has 0 saturated heterocycles. The summed E-state index contributed by atoms with van der Waals surface area (Å²) in [6.07, 6.45) is 1.28. The zero-order valence-electron chi connectivity index (χ0n) is 7.99. The Bertz CT molecular complexity index is 625. The van der Waals surface area contributed by atoms with Gasteiger partial charge >= 0.3 is 0 Å². The topological polar surface area (TPSA) is 47.3 Å². The molecule has 78 valence electrons. The van der Waals surface area contributed by atoms with E-state index in [1.807, 2.05) is 0 Å². The normalized spacial score (nSPS) is 13.6. The fourth-order valence-corrected chi connectivity index (χ4v) is 1.83. The first-order chi connectivity index (χ1) is 7.68. The van der Waals surface area contributed by atoms with Crippen LogP contribution in [0.2, 0.25) is 0 Å². The molecule has 0 amide bonds. The van der Waals surface area contributed by atoms with Crippen LogP contribution in [0.5, 0.6) is 0 Å². The standard InChI is InChI=1S/C12H5FO3/c13-6-1-2-7-9(5-6)11(15)12-8(10(7)14)3-4-16-12/h1-5H. The molecule has 0 atom stereocenters. The van der Waals surface area contributed by atoms with Crippen LogP contribution in [0.1, 0.15) is 32.0 Å². The Balaban J connectivity index is 2.34. The molecule has 1 aromatic carbocycles. The molecule has 1 aliphatic carbocycles. The van der Waals surface area contributed by atoms with Crippen LogP contribution in [0.15, 0.2) is 34.9 Å². The van der Waals surface area contributed by atoms with E-state index in [1.165, 1.54) is 18.4 Å². The lowest BCUT2D eigenvalue weighted by Crippen LogP contribution is -2.19. The van der Waals surface area contributed by atoms with Crippen LogP contribution in [0.4, 0.5) is 4.39 Å². The van der Waals surface area contributed by atoms with Gasteiger partial charge in [0, 0.05) is 11.1 Å². The molecule has 0 bridgehead atoms. The van der Waals surface area contributed by atoms with Crippen molar-refractivity contribution in [1.29, 1.82) is 0 Å². The van der Waals surface area contributed by atoms with Gasteiger partial charge in [0.15, 0.2) is 11.5 Å². The second-order valence-corrected chi connectivity index (χ2v) is 3.51. The summed E-state index contributed by atoms with van der Waals surface area (Å²) in [4.78, 5) is 23.7. The molecular formula is C12H5FO3. The lowest BCUT2D eigenvalue weighted by molar-refractivity contribution is 0.0960. The van der Waals surface area contributed by atoms with E-state index < -0.39 is 11.6 Å². The molecule has 1 aromatic heterocycles. The van der Waals surface area contributed by atoms with Gasteiger partial charge in [0.2, 0.25) is 5.78 Å². The summed E-state index contributed by atoms with van der Waals surface area (Å²) < 4.78 is 17.9. The summed E-state index contributed by atoms with van der Waals surface area (Å²) in [5, 5.41) is 0. The Morgan fingerprint density at radius 2 is 1.75 bits per heavy atom. The number of rotatable bonds is 0. The van der Waals surface area contributed by atoms with E-state index in [4.69, 9.17) is 4.42 Å². The fraction of sp³-hybridized carbons (Fsp3) is 0. The van der Waals surface area contributed by atoms with Gasteiger partial charge in [0.1, 0.15) is 5.82 Å². The number of carbonyl (C=O) groups excluding carboxylic acids is 2. The van der Waals surface area contributed by atoms with Crippen molar-refractivity contribution in [3.63, 3.8) is 0 Å². The maximum atomic E-state index is 13.0. The third kappa shape index (κ3) is 1.01. The zero-order chi connectivity index (χ0) is 11.3. The van der Waals surface area contributed by atoms with Crippen molar-refractivity contribution in [3.8, 4) is 0 Å². The zero-order valence-corrected chi connectivity index (χ0v) is 7.99. The predicted octanol–water partition coefficient (Wildman–Crippen LogP) is 2.19. The van der Waals surface area contributed by atoms with Gasteiger partial charge < -0.3 is 4.42 Å². The van der Waals surface area contributed by atoms with Crippen molar-refractivity contribution in [2.75, 3.05) is 0 Å². The van der Waals surface area contributed by atoms with Gasteiger partial charge in [-0.2, -0.15) is 0 Å². The first-order valence-corrected chi connectivity index (χ1v) is 4.65. The molecule has 1 aliphatic rings. The minimum absolute atomic E-state index is 0.0110. The smallest absolute Gasteiger partial charge is 0.229 e. The number of ketones is 2. The van der Waals surface area contributed by atoms with Crippen molar-refractivity contribution in [2.45, 2.75) is 0 Å². The summed E-state index contributed by atoms with van der Waals surface area (Å²) in [7, 11) is 0. The number of furan rings is 1. The van der Waals surface area contributed by atoms with E-state index in [9.17, 15) is 14.0 Å². The molecule has 3 nitrogen and oxygen atoms in total. The lowest BCUT2D eigenvalue weighted by Gasteiger charge is -2.12. The highest BCUT2D eigenvalue weighted by molar-refractivity contribution is 6.27. The molecule has 3 rings (SSSR count). The quantitative estimate of drug-likeness (QED) is 0.578. The van der Waals surface area contributed by atoms with Crippen molar-refractivity contribution < 1.29 is 18.4 Å². The Morgan fingerprint density at radius 3 is 2.56 bits per heavy atom. The lowest BCUT2D eigenvalue weighted by atomic mass is 9.88. The summed E-state index contributed by atoms with van der Waals surface area (Å²) >= 11 is 0. The molecule has 0 unspecified atom stereocenters. The number of carbonyl (C=O) groups is 2. The highest BCUT2D eigenvalue weighted by atomic mass is 19.1. The van der Waals surface area contributed by atoms with Crippen molar-refractivity contribution in [3.05, 3.63) is 58.8 Å². The fourth-order valence-electron chi connectivity index (χ4n) is 1.83. The molecule has 4 heteroatoms. The maximum Gasteiger partial charge on any atom is 0.229 e. The van der Waals surface area contributed by atoms with Crippen molar-refractivity contribution >= 4 is 11.6 Å². The number of halogens is 1. The third-order valence-electron chi connectivity index (χ3n) is 2.59. The van der Waals surface area contributed by atoms with Crippen LogP contribution >= 0.6 is 0 Å². The second kappa shape index (κ2) is 2.88. The predicted molar refractivity (Wildman–Crippen MR) is 52.0 cm³/mol. The Morgan fingerprint density at radius 1 is 0.938 bits per heavy atom. The average Bonchev–Trinajstić information content (AvgIpc) is 2.75. The molecule has 0 aliphatic heterocycles.